The van der Waals surface area contributed by atoms with Crippen molar-refractivity contribution in [2.24, 2.45) is 0 Å². The SMILES string of the molecule is CC1(C)c2ccccc2-c2ccc(N(c3ccc(-c4ccccc4)cc3)c3cccc4c3oc3cc5ccccc5cc34)cc21. The molecule has 0 fully saturated rings. The minimum absolute atomic E-state index is 0.101. The van der Waals surface area contributed by atoms with Crippen LogP contribution in [-0.4, -0.2) is 0 Å². The summed E-state index contributed by atoms with van der Waals surface area (Å²) in [6, 6.07) is 54.6. The zero-order valence-corrected chi connectivity index (χ0v) is 25.3. The van der Waals surface area contributed by atoms with Crippen molar-refractivity contribution >= 4 is 49.8 Å². The molecule has 7 aromatic carbocycles. The van der Waals surface area contributed by atoms with E-state index in [2.05, 4.69) is 170 Å². The van der Waals surface area contributed by atoms with E-state index in [1.165, 1.54) is 44.2 Å². The van der Waals surface area contributed by atoms with Crippen LogP contribution in [0.5, 0.6) is 0 Å². The summed E-state index contributed by atoms with van der Waals surface area (Å²) >= 11 is 0. The van der Waals surface area contributed by atoms with E-state index in [0.29, 0.717) is 0 Å². The maximum Gasteiger partial charge on any atom is 0.159 e. The Bertz CT molecular complexity index is 2400. The second kappa shape index (κ2) is 9.70. The van der Waals surface area contributed by atoms with Crippen LogP contribution >= 0.6 is 0 Å². The number of fused-ring (bicyclic) bond motifs is 7. The van der Waals surface area contributed by atoms with Crippen molar-refractivity contribution in [1.29, 1.82) is 0 Å². The Morgan fingerprint density at radius 3 is 1.98 bits per heavy atom. The summed E-state index contributed by atoms with van der Waals surface area (Å²) in [4.78, 5) is 2.36. The molecule has 9 rings (SSSR count). The highest BCUT2D eigenvalue weighted by Gasteiger charge is 2.36. The maximum atomic E-state index is 6.75. The molecular formula is C43H31NO. The monoisotopic (exact) mass is 577 g/mol. The fourth-order valence-electron chi connectivity index (χ4n) is 7.34. The van der Waals surface area contributed by atoms with Gasteiger partial charge in [-0.2, -0.15) is 0 Å². The molecule has 0 N–H and O–H groups in total. The lowest BCUT2D eigenvalue weighted by molar-refractivity contribution is 0.660. The smallest absolute Gasteiger partial charge is 0.159 e. The van der Waals surface area contributed by atoms with E-state index in [9.17, 15) is 0 Å². The Labute approximate surface area is 262 Å². The molecule has 214 valence electrons. The Kier molecular flexibility index (Phi) is 5.58. The normalized spacial score (nSPS) is 13.3. The second-order valence-electron chi connectivity index (χ2n) is 12.6. The van der Waals surface area contributed by atoms with E-state index in [1.807, 2.05) is 0 Å². The van der Waals surface area contributed by atoms with E-state index < -0.39 is 0 Å². The van der Waals surface area contributed by atoms with Crippen LogP contribution in [0, 0.1) is 0 Å². The van der Waals surface area contributed by atoms with Crippen LogP contribution in [0.15, 0.2) is 156 Å². The predicted octanol–water partition coefficient (Wildman–Crippen LogP) is 12.2. The molecule has 0 spiro atoms. The zero-order valence-electron chi connectivity index (χ0n) is 25.3. The Morgan fingerprint density at radius 1 is 0.489 bits per heavy atom. The summed E-state index contributed by atoms with van der Waals surface area (Å²) in [5, 5.41) is 4.65. The third kappa shape index (κ3) is 3.96. The molecule has 1 aliphatic rings. The predicted molar refractivity (Wildman–Crippen MR) is 189 cm³/mol. The summed E-state index contributed by atoms with van der Waals surface area (Å²) in [6.45, 7) is 4.68. The van der Waals surface area contributed by atoms with Crippen molar-refractivity contribution in [2.45, 2.75) is 19.3 Å². The van der Waals surface area contributed by atoms with Crippen molar-refractivity contribution < 1.29 is 4.42 Å². The van der Waals surface area contributed by atoms with Gasteiger partial charge in [0.1, 0.15) is 5.58 Å². The van der Waals surface area contributed by atoms with Crippen molar-refractivity contribution in [2.75, 3.05) is 4.90 Å². The molecule has 0 aliphatic heterocycles. The van der Waals surface area contributed by atoms with Gasteiger partial charge in [-0.25, -0.2) is 0 Å². The van der Waals surface area contributed by atoms with Crippen LogP contribution in [0.4, 0.5) is 17.1 Å². The molecule has 0 radical (unpaired) electrons. The number of para-hydroxylation sites is 1. The summed E-state index contributed by atoms with van der Waals surface area (Å²) in [5.41, 5.74) is 12.7. The van der Waals surface area contributed by atoms with E-state index >= 15 is 0 Å². The van der Waals surface area contributed by atoms with E-state index in [0.717, 1.165) is 39.0 Å². The summed E-state index contributed by atoms with van der Waals surface area (Å²) in [5.74, 6) is 0. The first-order valence-corrected chi connectivity index (χ1v) is 15.6. The van der Waals surface area contributed by atoms with Gasteiger partial charge in [-0.05, 0) is 86.6 Å². The molecule has 45 heavy (non-hydrogen) atoms. The van der Waals surface area contributed by atoms with Crippen molar-refractivity contribution in [3.8, 4) is 22.3 Å². The van der Waals surface area contributed by atoms with Gasteiger partial charge >= 0.3 is 0 Å². The number of benzene rings is 7. The summed E-state index contributed by atoms with van der Waals surface area (Å²) in [7, 11) is 0. The summed E-state index contributed by atoms with van der Waals surface area (Å²) in [6.07, 6.45) is 0. The van der Waals surface area contributed by atoms with Crippen molar-refractivity contribution in [3.05, 3.63) is 163 Å². The van der Waals surface area contributed by atoms with Gasteiger partial charge < -0.3 is 9.32 Å². The van der Waals surface area contributed by atoms with Crippen LogP contribution in [0.3, 0.4) is 0 Å². The van der Waals surface area contributed by atoms with Gasteiger partial charge in [-0.3, -0.25) is 0 Å². The van der Waals surface area contributed by atoms with Crippen LogP contribution in [0.1, 0.15) is 25.0 Å². The molecule has 2 heteroatoms. The standard InChI is InChI=1S/C43H31NO/c1-43(2)38-17-9-8-15-34(38)35-24-23-33(27-39(35)43)44(32-21-19-29(20-22-32)28-11-4-3-5-12-28)40-18-10-16-36-37-25-30-13-6-7-14-31(30)26-41(37)45-42(36)40/h3-27H,1-2H3. The number of hydrogen-bond donors (Lipinski definition) is 0. The van der Waals surface area contributed by atoms with Crippen LogP contribution in [-0.2, 0) is 5.41 Å². The minimum atomic E-state index is -0.101. The lowest BCUT2D eigenvalue weighted by Crippen LogP contribution is -2.16. The highest BCUT2D eigenvalue weighted by molar-refractivity contribution is 6.13. The fourth-order valence-corrected chi connectivity index (χ4v) is 7.34. The van der Waals surface area contributed by atoms with E-state index in [1.54, 1.807) is 0 Å². The zero-order chi connectivity index (χ0) is 30.1. The largest absolute Gasteiger partial charge is 0.454 e. The van der Waals surface area contributed by atoms with Gasteiger partial charge in [0.2, 0.25) is 0 Å². The molecule has 0 saturated carbocycles. The first kappa shape index (κ1) is 25.9. The highest BCUT2D eigenvalue weighted by Crippen LogP contribution is 2.51. The van der Waals surface area contributed by atoms with Crippen molar-refractivity contribution in [3.63, 3.8) is 0 Å². The van der Waals surface area contributed by atoms with Gasteiger partial charge in [0.05, 0.1) is 5.69 Å². The van der Waals surface area contributed by atoms with Crippen molar-refractivity contribution in [1.82, 2.24) is 0 Å². The Morgan fingerprint density at radius 2 is 1.16 bits per heavy atom. The highest BCUT2D eigenvalue weighted by atomic mass is 16.3. The van der Waals surface area contributed by atoms with Gasteiger partial charge in [-0.15, -0.1) is 0 Å². The Balaban J connectivity index is 1.27. The fraction of sp³-hybridized carbons (Fsp3) is 0.0698. The molecule has 0 unspecified atom stereocenters. The quantitative estimate of drug-likeness (QED) is 0.207. The van der Waals surface area contributed by atoms with Crippen LogP contribution < -0.4 is 4.90 Å². The third-order valence-electron chi connectivity index (χ3n) is 9.64. The number of anilines is 3. The topological polar surface area (TPSA) is 16.4 Å². The molecule has 1 aromatic heterocycles. The average Bonchev–Trinajstić information content (AvgIpc) is 3.56. The summed E-state index contributed by atoms with van der Waals surface area (Å²) < 4.78 is 6.75. The number of nitrogens with zero attached hydrogens (tertiary/aromatic N) is 1. The average molecular weight is 578 g/mol. The van der Waals surface area contributed by atoms with Gasteiger partial charge in [0.15, 0.2) is 5.58 Å². The lowest BCUT2D eigenvalue weighted by atomic mass is 9.82. The molecule has 8 aromatic rings. The lowest BCUT2D eigenvalue weighted by Gasteiger charge is -2.28. The minimum Gasteiger partial charge on any atom is -0.454 e. The number of rotatable bonds is 4. The molecule has 0 atom stereocenters. The molecule has 0 bridgehead atoms. The van der Waals surface area contributed by atoms with Gasteiger partial charge in [0, 0.05) is 27.6 Å². The van der Waals surface area contributed by atoms with Crippen LogP contribution in [0.2, 0.25) is 0 Å². The first-order valence-electron chi connectivity index (χ1n) is 15.6. The molecule has 0 saturated heterocycles. The number of furan rings is 1. The van der Waals surface area contributed by atoms with E-state index in [4.69, 9.17) is 4.42 Å². The third-order valence-corrected chi connectivity index (χ3v) is 9.64. The molecular weight excluding hydrogens is 546 g/mol. The van der Waals surface area contributed by atoms with Crippen LogP contribution in [0.25, 0.3) is 55.0 Å². The van der Waals surface area contributed by atoms with Gasteiger partial charge in [-0.1, -0.05) is 123 Å². The molecule has 2 nitrogen and oxygen atoms in total. The van der Waals surface area contributed by atoms with Gasteiger partial charge in [0.25, 0.3) is 0 Å². The number of hydrogen-bond acceptors (Lipinski definition) is 2. The first-order chi connectivity index (χ1) is 22.1. The molecule has 0 amide bonds. The molecule has 1 heterocycles. The molecule has 1 aliphatic carbocycles. The second-order valence-corrected chi connectivity index (χ2v) is 12.6. The maximum absolute atomic E-state index is 6.75. The Hall–Kier alpha value is -5.60. The van der Waals surface area contributed by atoms with E-state index in [-0.39, 0.29) is 5.41 Å².